The maximum absolute atomic E-state index is 6.21. The number of nitrogens with two attached hydrogens (primary N) is 1. The molecule has 2 N–H and O–H groups in total. The molecule has 20 heavy (non-hydrogen) atoms. The summed E-state index contributed by atoms with van der Waals surface area (Å²) in [6.45, 7) is 5.94. The summed E-state index contributed by atoms with van der Waals surface area (Å²) in [6.07, 6.45) is 6.71. The molecule has 2 nitrogen and oxygen atoms in total. The summed E-state index contributed by atoms with van der Waals surface area (Å²) in [5.74, 6) is 3.85. The van der Waals surface area contributed by atoms with Gasteiger partial charge >= 0.3 is 0 Å². The molecule has 3 rings (SSSR count). The molecule has 0 amide bonds. The number of fused-ring (bicyclic) bond motifs is 2. The van der Waals surface area contributed by atoms with E-state index in [1.54, 1.807) is 0 Å². The normalized spacial score (nSPS) is 28.1. The SMILES string of the molecule is Cc1cc(CCN)cc(C)c1OCC1CC2CCC1C2. The molecule has 2 aliphatic rings. The molecular formula is C18H27NO. The summed E-state index contributed by atoms with van der Waals surface area (Å²) in [6, 6.07) is 4.46. The third kappa shape index (κ3) is 2.71. The first kappa shape index (κ1) is 13.9. The topological polar surface area (TPSA) is 35.2 Å². The second kappa shape index (κ2) is 5.77. The van der Waals surface area contributed by atoms with Gasteiger partial charge in [0.15, 0.2) is 0 Å². The summed E-state index contributed by atoms with van der Waals surface area (Å²) in [7, 11) is 0. The maximum atomic E-state index is 6.21. The molecule has 2 saturated carbocycles. The number of hydrogen-bond donors (Lipinski definition) is 1. The van der Waals surface area contributed by atoms with Crippen LogP contribution in [0.15, 0.2) is 12.1 Å². The van der Waals surface area contributed by atoms with Crippen LogP contribution in [0.25, 0.3) is 0 Å². The highest BCUT2D eigenvalue weighted by Gasteiger charge is 2.39. The van der Waals surface area contributed by atoms with Crippen molar-refractivity contribution in [1.29, 1.82) is 0 Å². The van der Waals surface area contributed by atoms with Gasteiger partial charge in [0.25, 0.3) is 0 Å². The highest BCUT2D eigenvalue weighted by Crippen LogP contribution is 2.48. The van der Waals surface area contributed by atoms with E-state index in [9.17, 15) is 0 Å². The number of rotatable bonds is 5. The first-order valence-corrected chi connectivity index (χ1v) is 8.10. The third-order valence-electron chi connectivity index (χ3n) is 5.28. The molecule has 110 valence electrons. The molecule has 0 heterocycles. The lowest BCUT2D eigenvalue weighted by Gasteiger charge is -2.23. The zero-order valence-corrected chi connectivity index (χ0v) is 12.8. The highest BCUT2D eigenvalue weighted by molar-refractivity contribution is 5.43. The van der Waals surface area contributed by atoms with E-state index in [0.29, 0.717) is 6.54 Å². The largest absolute Gasteiger partial charge is 0.493 e. The predicted octanol–water partition coefficient (Wildman–Crippen LogP) is 3.62. The fourth-order valence-electron chi connectivity index (χ4n) is 4.35. The van der Waals surface area contributed by atoms with Gasteiger partial charge in [-0.25, -0.2) is 0 Å². The molecular weight excluding hydrogens is 246 g/mol. The average Bonchev–Trinajstić information content (AvgIpc) is 3.00. The summed E-state index contributed by atoms with van der Waals surface area (Å²) in [4.78, 5) is 0. The lowest BCUT2D eigenvalue weighted by atomic mass is 9.89. The summed E-state index contributed by atoms with van der Waals surface area (Å²) in [5, 5.41) is 0. The monoisotopic (exact) mass is 273 g/mol. The van der Waals surface area contributed by atoms with Gasteiger partial charge in [-0.1, -0.05) is 18.6 Å². The van der Waals surface area contributed by atoms with Crippen LogP contribution >= 0.6 is 0 Å². The van der Waals surface area contributed by atoms with Gasteiger partial charge in [-0.3, -0.25) is 0 Å². The lowest BCUT2D eigenvalue weighted by molar-refractivity contribution is 0.193. The zero-order chi connectivity index (χ0) is 14.1. The molecule has 3 unspecified atom stereocenters. The standard InChI is InChI=1S/C18H27NO/c1-12-7-15(5-6-19)8-13(2)18(12)20-11-17-10-14-3-4-16(17)9-14/h7-8,14,16-17H,3-6,9-11,19H2,1-2H3. The fraction of sp³-hybridized carbons (Fsp3) is 0.667. The third-order valence-corrected chi connectivity index (χ3v) is 5.28. The molecule has 0 spiro atoms. The van der Waals surface area contributed by atoms with Crippen LogP contribution in [0.3, 0.4) is 0 Å². The molecule has 2 heteroatoms. The van der Waals surface area contributed by atoms with Crippen molar-refractivity contribution in [2.24, 2.45) is 23.5 Å². The van der Waals surface area contributed by atoms with E-state index < -0.39 is 0 Å². The molecule has 3 atom stereocenters. The highest BCUT2D eigenvalue weighted by atomic mass is 16.5. The molecule has 2 aliphatic carbocycles. The first-order chi connectivity index (χ1) is 9.67. The molecule has 0 aromatic heterocycles. The van der Waals surface area contributed by atoms with Crippen LogP contribution in [0.2, 0.25) is 0 Å². The maximum Gasteiger partial charge on any atom is 0.125 e. The van der Waals surface area contributed by atoms with Crippen molar-refractivity contribution < 1.29 is 4.74 Å². The minimum Gasteiger partial charge on any atom is -0.493 e. The van der Waals surface area contributed by atoms with Gasteiger partial charge in [0, 0.05) is 0 Å². The second-order valence-electron chi connectivity index (χ2n) is 6.84. The van der Waals surface area contributed by atoms with E-state index in [1.807, 2.05) is 0 Å². The van der Waals surface area contributed by atoms with Gasteiger partial charge < -0.3 is 10.5 Å². The van der Waals surface area contributed by atoms with Crippen LogP contribution in [0.4, 0.5) is 0 Å². The van der Waals surface area contributed by atoms with E-state index in [0.717, 1.165) is 36.5 Å². The van der Waals surface area contributed by atoms with Crippen LogP contribution in [-0.4, -0.2) is 13.2 Å². The number of benzene rings is 1. The van der Waals surface area contributed by atoms with Crippen LogP contribution in [0.5, 0.6) is 5.75 Å². The quantitative estimate of drug-likeness (QED) is 0.889. The molecule has 1 aromatic carbocycles. The van der Waals surface area contributed by atoms with Crippen molar-refractivity contribution in [1.82, 2.24) is 0 Å². The van der Waals surface area contributed by atoms with Crippen molar-refractivity contribution in [3.8, 4) is 5.75 Å². The van der Waals surface area contributed by atoms with Crippen molar-refractivity contribution in [3.63, 3.8) is 0 Å². The lowest BCUT2D eigenvalue weighted by Crippen LogP contribution is -2.19. The Balaban J connectivity index is 1.65. The number of hydrogen-bond acceptors (Lipinski definition) is 2. The zero-order valence-electron chi connectivity index (χ0n) is 12.8. The average molecular weight is 273 g/mol. The minimum absolute atomic E-state index is 0.713. The number of aryl methyl sites for hydroxylation is 2. The molecule has 2 fully saturated rings. The molecule has 2 bridgehead atoms. The van der Waals surface area contributed by atoms with E-state index in [-0.39, 0.29) is 0 Å². The van der Waals surface area contributed by atoms with Crippen molar-refractivity contribution >= 4 is 0 Å². The Kier molecular flexibility index (Phi) is 4.02. The summed E-state index contributed by atoms with van der Waals surface area (Å²) >= 11 is 0. The predicted molar refractivity (Wildman–Crippen MR) is 83.1 cm³/mol. The van der Waals surface area contributed by atoms with Crippen LogP contribution < -0.4 is 10.5 Å². The van der Waals surface area contributed by atoms with Crippen molar-refractivity contribution in [2.45, 2.75) is 46.0 Å². The Hall–Kier alpha value is -1.02. The smallest absolute Gasteiger partial charge is 0.125 e. The van der Waals surface area contributed by atoms with Gasteiger partial charge in [-0.2, -0.15) is 0 Å². The molecule has 0 radical (unpaired) electrons. The van der Waals surface area contributed by atoms with E-state index in [1.165, 1.54) is 42.4 Å². The molecule has 0 saturated heterocycles. The molecule has 0 aliphatic heterocycles. The fourth-order valence-corrected chi connectivity index (χ4v) is 4.35. The Bertz CT molecular complexity index is 459. The van der Waals surface area contributed by atoms with Crippen molar-refractivity contribution in [2.75, 3.05) is 13.2 Å². The van der Waals surface area contributed by atoms with Gasteiger partial charge in [0.05, 0.1) is 6.61 Å². The van der Waals surface area contributed by atoms with E-state index in [2.05, 4.69) is 26.0 Å². The summed E-state index contributed by atoms with van der Waals surface area (Å²) in [5.41, 5.74) is 9.49. The van der Waals surface area contributed by atoms with Gasteiger partial charge in [-0.15, -0.1) is 0 Å². The Morgan fingerprint density at radius 2 is 1.90 bits per heavy atom. The van der Waals surface area contributed by atoms with Crippen LogP contribution in [0.1, 0.15) is 42.4 Å². The Morgan fingerprint density at radius 1 is 1.15 bits per heavy atom. The summed E-state index contributed by atoms with van der Waals surface area (Å²) < 4.78 is 6.21. The first-order valence-electron chi connectivity index (χ1n) is 8.10. The van der Waals surface area contributed by atoms with Crippen LogP contribution in [-0.2, 0) is 6.42 Å². The van der Waals surface area contributed by atoms with Crippen LogP contribution in [0, 0.1) is 31.6 Å². The van der Waals surface area contributed by atoms with Gasteiger partial charge in [0.2, 0.25) is 0 Å². The van der Waals surface area contributed by atoms with E-state index >= 15 is 0 Å². The Labute approximate surface area is 122 Å². The van der Waals surface area contributed by atoms with Gasteiger partial charge in [0.1, 0.15) is 5.75 Å². The molecule has 1 aromatic rings. The second-order valence-corrected chi connectivity index (χ2v) is 6.84. The van der Waals surface area contributed by atoms with E-state index in [4.69, 9.17) is 10.5 Å². The number of ether oxygens (including phenoxy) is 1. The van der Waals surface area contributed by atoms with Crippen molar-refractivity contribution in [3.05, 3.63) is 28.8 Å². The Morgan fingerprint density at radius 3 is 2.45 bits per heavy atom. The minimum atomic E-state index is 0.713. The van der Waals surface area contributed by atoms with Gasteiger partial charge in [-0.05, 0) is 80.5 Å².